The molecule has 0 radical (unpaired) electrons. The van der Waals surface area contributed by atoms with Gasteiger partial charge in [0.1, 0.15) is 23.7 Å². The fraction of sp³-hybridized carbons (Fsp3) is 0.381. The van der Waals surface area contributed by atoms with Crippen LogP contribution in [0.25, 0.3) is 11.5 Å². The second-order valence-corrected chi connectivity index (χ2v) is 7.70. The van der Waals surface area contributed by atoms with E-state index in [-0.39, 0.29) is 11.9 Å². The number of aromatic nitrogens is 5. The van der Waals surface area contributed by atoms with Crippen molar-refractivity contribution in [2.45, 2.75) is 39.4 Å². The third-order valence-corrected chi connectivity index (χ3v) is 5.14. The summed E-state index contributed by atoms with van der Waals surface area (Å²) in [6.45, 7) is 5.18. The quantitative estimate of drug-likeness (QED) is 0.670. The molecule has 1 aliphatic heterocycles. The number of hydrogen-bond donors (Lipinski definition) is 1. The van der Waals surface area contributed by atoms with Crippen molar-refractivity contribution in [2.24, 2.45) is 5.73 Å². The zero-order valence-electron chi connectivity index (χ0n) is 17.7. The summed E-state index contributed by atoms with van der Waals surface area (Å²) < 4.78 is 1.97. The van der Waals surface area contributed by atoms with Crippen LogP contribution in [0.5, 0.6) is 0 Å². The van der Waals surface area contributed by atoms with Crippen LogP contribution in [0.15, 0.2) is 30.6 Å². The molecule has 4 rings (SSSR count). The summed E-state index contributed by atoms with van der Waals surface area (Å²) in [5.74, 6) is 1.88. The highest BCUT2D eigenvalue weighted by Crippen LogP contribution is 2.33. The van der Waals surface area contributed by atoms with Gasteiger partial charge in [-0.25, -0.2) is 9.97 Å². The van der Waals surface area contributed by atoms with Gasteiger partial charge in [-0.3, -0.25) is 9.69 Å². The summed E-state index contributed by atoms with van der Waals surface area (Å²) in [5.41, 5.74) is 9.09. The van der Waals surface area contributed by atoms with Gasteiger partial charge in [0.25, 0.3) is 5.91 Å². The lowest BCUT2D eigenvalue weighted by molar-refractivity contribution is 0.0996. The minimum absolute atomic E-state index is 0.0999. The number of nitrogens with two attached hydrogens (primary N) is 1. The Morgan fingerprint density at radius 2 is 2.07 bits per heavy atom. The Kier molecular flexibility index (Phi) is 5.21. The molecule has 0 saturated carbocycles. The molecule has 1 aliphatic rings. The minimum atomic E-state index is -0.279. The SMILES string of the molecule is CCCn1cnnc1-c1cccc(N2Cc3c(cc(N(C)C)nc3[C@@H](C)N)C2=O)n1. The van der Waals surface area contributed by atoms with E-state index < -0.39 is 0 Å². The molecule has 0 unspecified atom stereocenters. The summed E-state index contributed by atoms with van der Waals surface area (Å²) in [6.07, 6.45) is 2.67. The fourth-order valence-corrected chi connectivity index (χ4v) is 3.66. The Labute approximate surface area is 175 Å². The van der Waals surface area contributed by atoms with Gasteiger partial charge in [-0.15, -0.1) is 10.2 Å². The van der Waals surface area contributed by atoms with Gasteiger partial charge >= 0.3 is 0 Å². The van der Waals surface area contributed by atoms with E-state index in [9.17, 15) is 4.79 Å². The predicted octanol–water partition coefficient (Wildman–Crippen LogP) is 2.39. The number of rotatable bonds is 6. The molecule has 30 heavy (non-hydrogen) atoms. The number of hydrogen-bond acceptors (Lipinski definition) is 7. The molecule has 0 spiro atoms. The standard InChI is InChI=1S/C21H26N8O/c1-5-9-28-12-23-26-20(28)16-7-6-8-17(24-16)29-11-15-14(21(29)30)10-18(27(3)4)25-19(15)13(2)22/h6-8,10,12-13H,5,9,11,22H2,1-4H3/t13-/m1/s1. The molecule has 9 nitrogen and oxygen atoms in total. The smallest absolute Gasteiger partial charge is 0.260 e. The molecule has 2 N–H and O–H groups in total. The molecule has 0 saturated heterocycles. The first-order chi connectivity index (χ1) is 14.4. The lowest BCUT2D eigenvalue weighted by Crippen LogP contribution is -2.24. The third-order valence-electron chi connectivity index (χ3n) is 5.14. The van der Waals surface area contributed by atoms with Crippen LogP contribution in [0.4, 0.5) is 11.6 Å². The van der Waals surface area contributed by atoms with Crippen molar-refractivity contribution < 1.29 is 4.79 Å². The molecule has 3 aromatic rings. The molecule has 0 aliphatic carbocycles. The number of pyridine rings is 2. The van der Waals surface area contributed by atoms with Gasteiger partial charge in [0.15, 0.2) is 5.82 Å². The molecule has 0 bridgehead atoms. The van der Waals surface area contributed by atoms with Crippen molar-refractivity contribution >= 4 is 17.5 Å². The van der Waals surface area contributed by atoms with E-state index in [1.165, 1.54) is 0 Å². The number of amides is 1. The van der Waals surface area contributed by atoms with E-state index >= 15 is 0 Å². The highest BCUT2D eigenvalue weighted by molar-refractivity contribution is 6.10. The first-order valence-electron chi connectivity index (χ1n) is 10.0. The van der Waals surface area contributed by atoms with Gasteiger partial charge in [0, 0.05) is 32.2 Å². The van der Waals surface area contributed by atoms with Crippen LogP contribution in [-0.2, 0) is 13.1 Å². The van der Waals surface area contributed by atoms with Crippen LogP contribution >= 0.6 is 0 Å². The maximum Gasteiger partial charge on any atom is 0.260 e. The van der Waals surface area contributed by atoms with Crippen molar-refractivity contribution in [2.75, 3.05) is 23.9 Å². The van der Waals surface area contributed by atoms with Gasteiger partial charge in [-0.05, 0) is 31.5 Å². The average Bonchev–Trinajstić information content (AvgIpc) is 3.32. The Bertz CT molecular complexity index is 1090. The van der Waals surface area contributed by atoms with E-state index in [0.29, 0.717) is 35.3 Å². The zero-order chi connectivity index (χ0) is 21.4. The first-order valence-corrected chi connectivity index (χ1v) is 10.0. The summed E-state index contributed by atoms with van der Waals surface area (Å²) >= 11 is 0. The monoisotopic (exact) mass is 406 g/mol. The van der Waals surface area contributed by atoms with Crippen LogP contribution in [0, 0.1) is 0 Å². The molecular weight excluding hydrogens is 380 g/mol. The minimum Gasteiger partial charge on any atom is -0.363 e. The van der Waals surface area contributed by atoms with E-state index in [1.807, 2.05) is 54.8 Å². The fourth-order valence-electron chi connectivity index (χ4n) is 3.66. The number of nitrogens with zero attached hydrogens (tertiary/aromatic N) is 7. The Hall–Kier alpha value is -3.33. The maximum absolute atomic E-state index is 13.3. The molecule has 0 fully saturated rings. The van der Waals surface area contributed by atoms with Gasteiger partial charge in [-0.2, -0.15) is 0 Å². The summed E-state index contributed by atoms with van der Waals surface area (Å²) in [5, 5.41) is 8.23. The van der Waals surface area contributed by atoms with E-state index in [0.717, 1.165) is 24.2 Å². The predicted molar refractivity (Wildman–Crippen MR) is 115 cm³/mol. The number of fused-ring (bicyclic) bond motifs is 1. The highest BCUT2D eigenvalue weighted by Gasteiger charge is 2.33. The van der Waals surface area contributed by atoms with E-state index in [1.54, 1.807) is 11.2 Å². The van der Waals surface area contributed by atoms with Crippen LogP contribution < -0.4 is 15.5 Å². The molecule has 3 aromatic heterocycles. The lowest BCUT2D eigenvalue weighted by Gasteiger charge is -2.17. The number of carbonyl (C=O) groups excluding carboxylic acids is 1. The average molecular weight is 406 g/mol. The molecule has 9 heteroatoms. The normalized spacial score (nSPS) is 14.2. The van der Waals surface area contributed by atoms with Crippen molar-refractivity contribution in [1.29, 1.82) is 0 Å². The second-order valence-electron chi connectivity index (χ2n) is 7.70. The lowest BCUT2D eigenvalue weighted by atomic mass is 10.0. The summed E-state index contributed by atoms with van der Waals surface area (Å²) in [7, 11) is 3.79. The van der Waals surface area contributed by atoms with Gasteiger partial charge in [-0.1, -0.05) is 13.0 Å². The number of carbonyl (C=O) groups is 1. The van der Waals surface area contributed by atoms with E-state index in [4.69, 9.17) is 10.7 Å². The summed E-state index contributed by atoms with van der Waals surface area (Å²) in [4.78, 5) is 26.2. The molecule has 1 amide bonds. The third kappa shape index (κ3) is 3.41. The number of aryl methyl sites for hydroxylation is 1. The second kappa shape index (κ2) is 7.83. The molecule has 0 aromatic carbocycles. The Morgan fingerprint density at radius 3 is 2.77 bits per heavy atom. The number of anilines is 2. The molecule has 1 atom stereocenters. The maximum atomic E-state index is 13.3. The van der Waals surface area contributed by atoms with Crippen LogP contribution in [-0.4, -0.2) is 44.7 Å². The highest BCUT2D eigenvalue weighted by atomic mass is 16.2. The van der Waals surface area contributed by atoms with E-state index in [2.05, 4.69) is 22.1 Å². The Morgan fingerprint density at radius 1 is 1.27 bits per heavy atom. The van der Waals surface area contributed by atoms with Crippen molar-refractivity contribution in [3.05, 3.63) is 47.4 Å². The summed E-state index contributed by atoms with van der Waals surface area (Å²) in [6, 6.07) is 7.14. The molecule has 4 heterocycles. The van der Waals surface area contributed by atoms with Gasteiger partial charge < -0.3 is 15.2 Å². The van der Waals surface area contributed by atoms with Crippen molar-refractivity contribution in [3.63, 3.8) is 0 Å². The van der Waals surface area contributed by atoms with Gasteiger partial charge in [0.05, 0.1) is 17.8 Å². The van der Waals surface area contributed by atoms with Gasteiger partial charge in [0.2, 0.25) is 0 Å². The molecule has 156 valence electrons. The van der Waals surface area contributed by atoms with Crippen molar-refractivity contribution in [3.8, 4) is 11.5 Å². The van der Waals surface area contributed by atoms with Crippen LogP contribution in [0.3, 0.4) is 0 Å². The molecular formula is C21H26N8O. The Balaban J connectivity index is 1.73. The largest absolute Gasteiger partial charge is 0.363 e. The topological polar surface area (TPSA) is 106 Å². The first kappa shape index (κ1) is 20.0. The zero-order valence-corrected chi connectivity index (χ0v) is 17.7. The van der Waals surface area contributed by atoms with Crippen LogP contribution in [0.1, 0.15) is 47.9 Å². The van der Waals surface area contributed by atoms with Crippen molar-refractivity contribution in [1.82, 2.24) is 24.7 Å². The van der Waals surface area contributed by atoms with Crippen LogP contribution in [0.2, 0.25) is 0 Å².